The van der Waals surface area contributed by atoms with E-state index in [-0.39, 0.29) is 11.2 Å². The Morgan fingerprint density at radius 1 is 1.15 bits per heavy atom. The summed E-state index contributed by atoms with van der Waals surface area (Å²) in [6.45, 7) is 1.69. The van der Waals surface area contributed by atoms with Crippen molar-refractivity contribution < 1.29 is 9.53 Å². The molecule has 4 rings (SSSR count). The van der Waals surface area contributed by atoms with Gasteiger partial charge in [-0.15, -0.1) is 0 Å². The molecule has 1 aromatic heterocycles. The number of nitrogens with one attached hydrogen (secondary N) is 1. The third-order valence-corrected chi connectivity index (χ3v) is 6.02. The summed E-state index contributed by atoms with van der Waals surface area (Å²) in [6, 6.07) is 15.7. The maximum absolute atomic E-state index is 13.3. The average Bonchev–Trinajstić information content (AvgIpc) is 3.14. The highest BCUT2D eigenvalue weighted by Gasteiger charge is 2.28. The third-order valence-electron chi connectivity index (χ3n) is 4.89. The minimum absolute atomic E-state index is 0.170. The van der Waals surface area contributed by atoms with Crippen LogP contribution in [0.2, 0.25) is 0 Å². The molecule has 2 aromatic carbocycles. The first-order valence-electron chi connectivity index (χ1n) is 9.29. The van der Waals surface area contributed by atoms with Gasteiger partial charge in [0.05, 0.1) is 18.1 Å². The van der Waals surface area contributed by atoms with Crippen LogP contribution in [-0.2, 0) is 4.79 Å². The van der Waals surface area contributed by atoms with E-state index in [9.17, 15) is 4.79 Å². The Morgan fingerprint density at radius 3 is 2.67 bits per heavy atom. The molecule has 0 aliphatic carbocycles. The molecule has 140 valence electrons. The highest BCUT2D eigenvalue weighted by atomic mass is 32.2. The van der Waals surface area contributed by atoms with Crippen LogP contribution in [0, 0.1) is 0 Å². The maximum Gasteiger partial charge on any atom is 0.240 e. The third kappa shape index (κ3) is 3.95. The number of H-pyrrole nitrogens is 1. The summed E-state index contributed by atoms with van der Waals surface area (Å²) < 4.78 is 5.28. The van der Waals surface area contributed by atoms with Gasteiger partial charge in [-0.05, 0) is 37.0 Å². The number of carbonyl (C=O) groups excluding carboxylic acids is 1. The molecular weight excluding hydrogens is 358 g/mol. The van der Waals surface area contributed by atoms with Gasteiger partial charge in [0.2, 0.25) is 5.91 Å². The molecule has 0 unspecified atom stereocenters. The van der Waals surface area contributed by atoms with Crippen molar-refractivity contribution in [3.8, 4) is 5.75 Å². The van der Waals surface area contributed by atoms with Crippen molar-refractivity contribution >= 4 is 28.7 Å². The van der Waals surface area contributed by atoms with Gasteiger partial charge < -0.3 is 14.6 Å². The Labute approximate surface area is 163 Å². The van der Waals surface area contributed by atoms with Crippen LogP contribution in [0.5, 0.6) is 5.75 Å². The second-order valence-electron chi connectivity index (χ2n) is 6.72. The van der Waals surface area contributed by atoms with Crippen molar-refractivity contribution in [3.05, 3.63) is 54.1 Å². The number of thioether (sulfide) groups is 1. The number of hydrogen-bond donors (Lipinski definition) is 1. The molecule has 1 N–H and O–H groups in total. The lowest BCUT2D eigenvalue weighted by Gasteiger charge is -2.30. The molecule has 0 saturated carbocycles. The monoisotopic (exact) mass is 381 g/mol. The molecule has 1 saturated heterocycles. The van der Waals surface area contributed by atoms with E-state index in [0.29, 0.717) is 0 Å². The van der Waals surface area contributed by atoms with E-state index >= 15 is 0 Å². The number of fused-ring (bicyclic) bond motifs is 1. The van der Waals surface area contributed by atoms with E-state index in [4.69, 9.17) is 4.74 Å². The average molecular weight is 382 g/mol. The zero-order chi connectivity index (χ0) is 18.6. The van der Waals surface area contributed by atoms with Gasteiger partial charge in [0.15, 0.2) is 5.16 Å². The topological polar surface area (TPSA) is 58.2 Å². The summed E-state index contributed by atoms with van der Waals surface area (Å²) >= 11 is 1.48. The van der Waals surface area contributed by atoms with Crippen LogP contribution < -0.4 is 4.74 Å². The first kappa shape index (κ1) is 17.9. The molecule has 1 atom stereocenters. The first-order chi connectivity index (χ1) is 13.2. The second kappa shape index (κ2) is 8.05. The van der Waals surface area contributed by atoms with E-state index in [0.717, 1.165) is 53.4 Å². The Morgan fingerprint density at radius 2 is 1.93 bits per heavy atom. The summed E-state index contributed by atoms with van der Waals surface area (Å²) in [7, 11) is 1.65. The molecule has 1 fully saturated rings. The molecule has 27 heavy (non-hydrogen) atoms. The Kier molecular flexibility index (Phi) is 5.34. The number of hydrogen-bond acceptors (Lipinski definition) is 4. The SMILES string of the molecule is COc1ccc2nc(S[C@H](C(=O)N3CCCCC3)c3ccccc3)[nH]c2c1. The number of carbonyl (C=O) groups is 1. The molecule has 1 aliphatic heterocycles. The van der Waals surface area contributed by atoms with Gasteiger partial charge in [-0.1, -0.05) is 42.1 Å². The van der Waals surface area contributed by atoms with Gasteiger partial charge in [0.25, 0.3) is 0 Å². The first-order valence-corrected chi connectivity index (χ1v) is 10.2. The van der Waals surface area contributed by atoms with Crippen molar-refractivity contribution in [2.24, 2.45) is 0 Å². The summed E-state index contributed by atoms with van der Waals surface area (Å²) in [4.78, 5) is 23.3. The highest BCUT2D eigenvalue weighted by Crippen LogP contribution is 2.37. The number of aromatic amines is 1. The van der Waals surface area contributed by atoms with E-state index in [2.05, 4.69) is 9.97 Å². The summed E-state index contributed by atoms with van der Waals surface area (Å²) in [5.74, 6) is 0.954. The summed E-state index contributed by atoms with van der Waals surface area (Å²) in [6.07, 6.45) is 3.38. The quantitative estimate of drug-likeness (QED) is 0.665. The van der Waals surface area contributed by atoms with Gasteiger partial charge in [0, 0.05) is 19.2 Å². The number of benzene rings is 2. The number of rotatable bonds is 5. The smallest absolute Gasteiger partial charge is 0.240 e. The fourth-order valence-corrected chi connectivity index (χ4v) is 4.52. The molecule has 5 nitrogen and oxygen atoms in total. The minimum Gasteiger partial charge on any atom is -0.497 e. The fourth-order valence-electron chi connectivity index (χ4n) is 3.43. The van der Waals surface area contributed by atoms with Crippen LogP contribution in [0.4, 0.5) is 0 Å². The molecule has 0 spiro atoms. The van der Waals surface area contributed by atoms with Crippen LogP contribution in [0.25, 0.3) is 11.0 Å². The molecule has 1 amide bonds. The lowest BCUT2D eigenvalue weighted by molar-refractivity contribution is -0.131. The normalized spacial score (nSPS) is 15.7. The van der Waals surface area contributed by atoms with Crippen LogP contribution >= 0.6 is 11.8 Å². The van der Waals surface area contributed by atoms with Gasteiger partial charge in [-0.3, -0.25) is 4.79 Å². The lowest BCUT2D eigenvalue weighted by Crippen LogP contribution is -2.38. The van der Waals surface area contributed by atoms with Crippen molar-refractivity contribution in [3.63, 3.8) is 0 Å². The number of methoxy groups -OCH3 is 1. The van der Waals surface area contributed by atoms with E-state index < -0.39 is 0 Å². The number of imidazole rings is 1. The van der Waals surface area contributed by atoms with Gasteiger partial charge in [-0.25, -0.2) is 4.98 Å². The van der Waals surface area contributed by atoms with Crippen LogP contribution in [0.15, 0.2) is 53.7 Å². The second-order valence-corrected chi connectivity index (χ2v) is 7.81. The number of amides is 1. The van der Waals surface area contributed by atoms with Crippen molar-refractivity contribution in [2.75, 3.05) is 20.2 Å². The molecule has 0 bridgehead atoms. The largest absolute Gasteiger partial charge is 0.497 e. The molecular formula is C21H23N3O2S. The summed E-state index contributed by atoms with van der Waals surface area (Å²) in [5, 5.41) is 0.448. The van der Waals surface area contributed by atoms with E-state index in [1.54, 1.807) is 7.11 Å². The Hall–Kier alpha value is -2.47. The highest BCUT2D eigenvalue weighted by molar-refractivity contribution is 8.00. The van der Waals surface area contributed by atoms with Crippen molar-refractivity contribution in [1.29, 1.82) is 0 Å². The van der Waals surface area contributed by atoms with Crippen molar-refractivity contribution in [1.82, 2.24) is 14.9 Å². The minimum atomic E-state index is -0.299. The van der Waals surface area contributed by atoms with Crippen LogP contribution in [0.1, 0.15) is 30.1 Å². The predicted octanol–water partition coefficient (Wildman–Crippen LogP) is 4.42. The van der Waals surface area contributed by atoms with E-state index in [1.165, 1.54) is 18.2 Å². The number of aromatic nitrogens is 2. The fraction of sp³-hybridized carbons (Fsp3) is 0.333. The lowest BCUT2D eigenvalue weighted by atomic mass is 10.1. The summed E-state index contributed by atoms with van der Waals surface area (Å²) in [5.41, 5.74) is 2.79. The number of ether oxygens (including phenoxy) is 1. The molecule has 1 aliphatic rings. The van der Waals surface area contributed by atoms with Gasteiger partial charge in [0.1, 0.15) is 11.0 Å². The van der Waals surface area contributed by atoms with Crippen molar-refractivity contribution in [2.45, 2.75) is 29.7 Å². The predicted molar refractivity (Wildman–Crippen MR) is 108 cm³/mol. The zero-order valence-corrected chi connectivity index (χ0v) is 16.2. The maximum atomic E-state index is 13.3. The molecule has 3 aromatic rings. The Balaban J connectivity index is 1.63. The zero-order valence-electron chi connectivity index (χ0n) is 15.4. The van der Waals surface area contributed by atoms with E-state index in [1.807, 2.05) is 53.4 Å². The molecule has 6 heteroatoms. The number of piperidine rings is 1. The van der Waals surface area contributed by atoms with Gasteiger partial charge in [-0.2, -0.15) is 0 Å². The van der Waals surface area contributed by atoms with Gasteiger partial charge >= 0.3 is 0 Å². The van der Waals surface area contributed by atoms with Crippen LogP contribution in [0.3, 0.4) is 0 Å². The van der Waals surface area contributed by atoms with Crippen LogP contribution in [-0.4, -0.2) is 41.0 Å². The molecule has 0 radical (unpaired) electrons. The number of nitrogens with zero attached hydrogens (tertiary/aromatic N) is 2. The standard InChI is InChI=1S/C21H23N3O2S/c1-26-16-10-11-17-18(14-16)23-21(22-17)27-19(15-8-4-2-5-9-15)20(25)24-12-6-3-7-13-24/h2,4-5,8-11,14,19H,3,6-7,12-13H2,1H3,(H,22,23)/t19-/m0/s1. The Bertz CT molecular complexity index is 920. The molecule has 2 heterocycles. The number of likely N-dealkylation sites (tertiary alicyclic amines) is 1.